The molecule has 0 aliphatic carbocycles. The molecular formula is C15H17NO3. The number of hydrogen-bond acceptors (Lipinski definition) is 4. The van der Waals surface area contributed by atoms with Crippen molar-refractivity contribution < 1.29 is 14.2 Å². The highest BCUT2D eigenvalue weighted by Crippen LogP contribution is 2.24. The second kappa shape index (κ2) is 6.64. The molecule has 0 spiro atoms. The Labute approximate surface area is 113 Å². The quantitative estimate of drug-likeness (QED) is 0.799. The molecule has 1 aromatic carbocycles. The predicted octanol–water partition coefficient (Wildman–Crippen LogP) is 3.07. The molecule has 2 rings (SSSR count). The van der Waals surface area contributed by atoms with E-state index in [0.29, 0.717) is 24.8 Å². The van der Waals surface area contributed by atoms with E-state index in [2.05, 4.69) is 4.98 Å². The first-order valence-corrected chi connectivity index (χ1v) is 6.17. The van der Waals surface area contributed by atoms with Gasteiger partial charge in [0.15, 0.2) is 5.75 Å². The van der Waals surface area contributed by atoms with Gasteiger partial charge in [-0.3, -0.25) is 0 Å². The van der Waals surface area contributed by atoms with Gasteiger partial charge in [-0.05, 0) is 36.8 Å². The smallest absolute Gasteiger partial charge is 0.257 e. The summed E-state index contributed by atoms with van der Waals surface area (Å²) < 4.78 is 16.2. The van der Waals surface area contributed by atoms with Gasteiger partial charge in [0.25, 0.3) is 5.88 Å². The first-order valence-electron chi connectivity index (χ1n) is 6.17. The molecule has 4 heteroatoms. The number of ether oxygens (including phenoxy) is 3. The van der Waals surface area contributed by atoms with E-state index in [4.69, 9.17) is 14.2 Å². The van der Waals surface area contributed by atoms with Crippen molar-refractivity contribution in [3.05, 3.63) is 48.2 Å². The molecule has 0 atom stereocenters. The lowest BCUT2D eigenvalue weighted by molar-refractivity contribution is 0.259. The molecule has 0 bridgehead atoms. The van der Waals surface area contributed by atoms with E-state index in [1.807, 2.05) is 43.3 Å². The maximum Gasteiger partial charge on any atom is 0.257 e. The van der Waals surface area contributed by atoms with E-state index in [1.54, 1.807) is 13.3 Å². The number of hydrogen-bond donors (Lipinski definition) is 0. The van der Waals surface area contributed by atoms with Gasteiger partial charge in [-0.25, -0.2) is 4.98 Å². The lowest BCUT2D eigenvalue weighted by atomic mass is 10.2. The lowest BCUT2D eigenvalue weighted by Gasteiger charge is -2.10. The van der Waals surface area contributed by atoms with Gasteiger partial charge in [0.2, 0.25) is 0 Å². The number of benzene rings is 1. The SMILES string of the molecule is CCOc1cccnc1OCc1ccc(OC)cc1. The van der Waals surface area contributed by atoms with Crippen LogP contribution in [0, 0.1) is 0 Å². The van der Waals surface area contributed by atoms with Crippen LogP contribution in [0.5, 0.6) is 17.4 Å². The topological polar surface area (TPSA) is 40.6 Å². The summed E-state index contributed by atoms with van der Waals surface area (Å²) in [5.74, 6) is 2.01. The molecule has 0 unspecified atom stereocenters. The third-order valence-corrected chi connectivity index (χ3v) is 2.57. The maximum absolute atomic E-state index is 5.67. The predicted molar refractivity (Wildman–Crippen MR) is 72.7 cm³/mol. The van der Waals surface area contributed by atoms with Gasteiger partial charge in [0.1, 0.15) is 12.4 Å². The molecule has 1 aromatic heterocycles. The average molecular weight is 259 g/mol. The number of rotatable bonds is 6. The van der Waals surface area contributed by atoms with Crippen molar-refractivity contribution in [2.24, 2.45) is 0 Å². The lowest BCUT2D eigenvalue weighted by Crippen LogP contribution is -2.01. The first kappa shape index (κ1) is 13.2. The van der Waals surface area contributed by atoms with Crippen LogP contribution in [0.25, 0.3) is 0 Å². The van der Waals surface area contributed by atoms with Gasteiger partial charge in [-0.2, -0.15) is 0 Å². The molecule has 100 valence electrons. The second-order valence-corrected chi connectivity index (χ2v) is 3.88. The Kier molecular flexibility index (Phi) is 4.61. The highest BCUT2D eigenvalue weighted by atomic mass is 16.5. The molecule has 0 amide bonds. The Hall–Kier alpha value is -2.23. The van der Waals surface area contributed by atoms with Crippen molar-refractivity contribution in [3.8, 4) is 17.4 Å². The van der Waals surface area contributed by atoms with Crippen molar-refractivity contribution in [1.29, 1.82) is 0 Å². The van der Waals surface area contributed by atoms with Crippen molar-refractivity contribution >= 4 is 0 Å². The van der Waals surface area contributed by atoms with Crippen LogP contribution in [0.1, 0.15) is 12.5 Å². The molecule has 0 saturated carbocycles. The van der Waals surface area contributed by atoms with E-state index < -0.39 is 0 Å². The zero-order valence-electron chi connectivity index (χ0n) is 11.1. The van der Waals surface area contributed by atoms with Crippen LogP contribution in [0.4, 0.5) is 0 Å². The third kappa shape index (κ3) is 3.61. The highest BCUT2D eigenvalue weighted by molar-refractivity contribution is 5.33. The summed E-state index contributed by atoms with van der Waals surface area (Å²) in [7, 11) is 1.65. The van der Waals surface area contributed by atoms with Gasteiger partial charge >= 0.3 is 0 Å². The van der Waals surface area contributed by atoms with Crippen LogP contribution in [0.2, 0.25) is 0 Å². The number of methoxy groups -OCH3 is 1. The van der Waals surface area contributed by atoms with Gasteiger partial charge in [-0.15, -0.1) is 0 Å². The van der Waals surface area contributed by atoms with Crippen molar-refractivity contribution in [1.82, 2.24) is 4.98 Å². The number of aromatic nitrogens is 1. The molecule has 2 aromatic rings. The third-order valence-electron chi connectivity index (χ3n) is 2.57. The minimum absolute atomic E-state index is 0.446. The van der Waals surface area contributed by atoms with Crippen LogP contribution in [-0.4, -0.2) is 18.7 Å². The fraction of sp³-hybridized carbons (Fsp3) is 0.267. The number of pyridine rings is 1. The Bertz CT molecular complexity index is 511. The van der Waals surface area contributed by atoms with E-state index in [9.17, 15) is 0 Å². The summed E-state index contributed by atoms with van der Waals surface area (Å²) in [4.78, 5) is 4.17. The van der Waals surface area contributed by atoms with Crippen LogP contribution < -0.4 is 14.2 Å². The molecule has 1 heterocycles. The standard InChI is InChI=1S/C15H17NO3/c1-3-18-14-5-4-10-16-15(14)19-11-12-6-8-13(17-2)9-7-12/h4-10H,3,11H2,1-2H3. The zero-order chi connectivity index (χ0) is 13.5. The Balaban J connectivity index is 2.01. The average Bonchev–Trinajstić information content (AvgIpc) is 2.47. The molecule has 0 aliphatic heterocycles. The monoisotopic (exact) mass is 259 g/mol. The summed E-state index contributed by atoms with van der Waals surface area (Å²) in [6, 6.07) is 11.4. The largest absolute Gasteiger partial charge is 0.497 e. The normalized spacial score (nSPS) is 10.0. The van der Waals surface area contributed by atoms with Crippen molar-refractivity contribution in [3.63, 3.8) is 0 Å². The van der Waals surface area contributed by atoms with E-state index in [-0.39, 0.29) is 0 Å². The highest BCUT2D eigenvalue weighted by Gasteiger charge is 2.05. The Morgan fingerprint density at radius 2 is 1.84 bits per heavy atom. The van der Waals surface area contributed by atoms with E-state index in [1.165, 1.54) is 0 Å². The summed E-state index contributed by atoms with van der Waals surface area (Å²) in [5.41, 5.74) is 1.05. The maximum atomic E-state index is 5.67. The van der Waals surface area contributed by atoms with Gasteiger partial charge in [-0.1, -0.05) is 12.1 Å². The van der Waals surface area contributed by atoms with Gasteiger partial charge < -0.3 is 14.2 Å². The molecule has 19 heavy (non-hydrogen) atoms. The van der Waals surface area contributed by atoms with Crippen LogP contribution in [0.3, 0.4) is 0 Å². The fourth-order valence-corrected chi connectivity index (χ4v) is 1.62. The van der Waals surface area contributed by atoms with Crippen LogP contribution >= 0.6 is 0 Å². The Morgan fingerprint density at radius 3 is 2.53 bits per heavy atom. The molecule has 0 fully saturated rings. The molecular weight excluding hydrogens is 242 g/mol. The van der Waals surface area contributed by atoms with Crippen LogP contribution in [-0.2, 0) is 6.61 Å². The summed E-state index contributed by atoms with van der Waals surface area (Å²) in [6.45, 7) is 2.96. The number of nitrogens with zero attached hydrogens (tertiary/aromatic N) is 1. The molecule has 0 radical (unpaired) electrons. The fourth-order valence-electron chi connectivity index (χ4n) is 1.62. The van der Waals surface area contributed by atoms with Crippen molar-refractivity contribution in [2.45, 2.75) is 13.5 Å². The van der Waals surface area contributed by atoms with E-state index >= 15 is 0 Å². The summed E-state index contributed by atoms with van der Waals surface area (Å²) >= 11 is 0. The van der Waals surface area contributed by atoms with Crippen LogP contribution in [0.15, 0.2) is 42.6 Å². The summed E-state index contributed by atoms with van der Waals surface area (Å²) in [6.07, 6.45) is 1.69. The Morgan fingerprint density at radius 1 is 1.05 bits per heavy atom. The molecule has 0 aliphatic rings. The molecule has 0 saturated heterocycles. The van der Waals surface area contributed by atoms with Crippen molar-refractivity contribution in [2.75, 3.05) is 13.7 Å². The minimum atomic E-state index is 0.446. The van der Waals surface area contributed by atoms with Gasteiger partial charge in [0.05, 0.1) is 13.7 Å². The van der Waals surface area contributed by atoms with E-state index in [0.717, 1.165) is 11.3 Å². The first-order chi connectivity index (χ1) is 9.33. The minimum Gasteiger partial charge on any atom is -0.497 e. The molecule has 4 nitrogen and oxygen atoms in total. The molecule has 0 N–H and O–H groups in total. The zero-order valence-corrected chi connectivity index (χ0v) is 11.1. The summed E-state index contributed by atoms with van der Waals surface area (Å²) in [5, 5.41) is 0. The second-order valence-electron chi connectivity index (χ2n) is 3.88. The van der Waals surface area contributed by atoms with Gasteiger partial charge in [0, 0.05) is 6.20 Å².